The van der Waals surface area contributed by atoms with Gasteiger partial charge >= 0.3 is 12.1 Å². The van der Waals surface area contributed by atoms with Gasteiger partial charge in [0.05, 0.1) is 23.4 Å². The first-order valence-corrected chi connectivity index (χ1v) is 11.0. The molecular weight excluding hydrogens is 461 g/mol. The molecule has 0 aromatic heterocycles. The molecule has 0 bridgehead atoms. The maximum atomic E-state index is 14.0. The minimum absolute atomic E-state index is 0.0365. The molecule has 0 saturated heterocycles. The van der Waals surface area contributed by atoms with E-state index in [2.05, 4.69) is 5.32 Å². The summed E-state index contributed by atoms with van der Waals surface area (Å²) in [5.41, 5.74) is 0.276. The van der Waals surface area contributed by atoms with Crippen molar-refractivity contribution in [3.05, 3.63) is 89.0 Å². The van der Waals surface area contributed by atoms with Gasteiger partial charge in [-0.25, -0.2) is 4.79 Å². The number of hydrogen-bond acceptors (Lipinski definition) is 4. The van der Waals surface area contributed by atoms with E-state index >= 15 is 0 Å². The van der Waals surface area contributed by atoms with Crippen LogP contribution in [0.5, 0.6) is 5.75 Å². The lowest BCUT2D eigenvalue weighted by atomic mass is 10.0. The van der Waals surface area contributed by atoms with Crippen molar-refractivity contribution >= 4 is 23.3 Å². The van der Waals surface area contributed by atoms with E-state index < -0.39 is 29.7 Å². The lowest BCUT2D eigenvalue weighted by Gasteiger charge is -2.35. The first-order chi connectivity index (χ1) is 16.7. The van der Waals surface area contributed by atoms with Gasteiger partial charge in [0.1, 0.15) is 5.75 Å². The topological polar surface area (TPSA) is 78.9 Å². The number of amides is 1. The highest BCUT2D eigenvalue weighted by Crippen LogP contribution is 2.40. The number of aromatic carboxylic acids is 1. The molecule has 1 atom stereocenters. The third-order valence-electron chi connectivity index (χ3n) is 5.72. The lowest BCUT2D eigenvalue weighted by molar-refractivity contribution is -0.137. The van der Waals surface area contributed by atoms with E-state index in [0.717, 1.165) is 0 Å². The van der Waals surface area contributed by atoms with Crippen LogP contribution in [0.2, 0.25) is 0 Å². The first-order valence-electron chi connectivity index (χ1n) is 11.0. The maximum absolute atomic E-state index is 14.0. The molecule has 0 saturated carbocycles. The second kappa shape index (κ2) is 9.69. The van der Waals surface area contributed by atoms with E-state index in [1.165, 1.54) is 35.2 Å². The molecule has 1 aliphatic heterocycles. The summed E-state index contributed by atoms with van der Waals surface area (Å²) in [7, 11) is 0. The van der Waals surface area contributed by atoms with E-state index in [-0.39, 0.29) is 29.8 Å². The van der Waals surface area contributed by atoms with Crippen molar-refractivity contribution in [3.63, 3.8) is 0 Å². The highest BCUT2D eigenvalue weighted by atomic mass is 19.4. The standard InChI is InChI=1S/C26H23F3N2O4/c1-2-30-19-7-5-6-18(23(19)26(27,28)29)15-31-20-8-3-4-9-21(20)35-22(24(31)32)14-16-10-12-17(13-11-16)25(33)34/h3-13,22,30H,2,14-15H2,1H3,(H,33,34). The summed E-state index contributed by atoms with van der Waals surface area (Å²) in [5, 5.41) is 11.8. The van der Waals surface area contributed by atoms with Crippen LogP contribution in [0.4, 0.5) is 24.5 Å². The highest BCUT2D eigenvalue weighted by Gasteiger charge is 2.39. The predicted octanol–water partition coefficient (Wildman–Crippen LogP) is 5.37. The Balaban J connectivity index is 1.69. The van der Waals surface area contributed by atoms with Gasteiger partial charge in [-0.3, -0.25) is 4.79 Å². The number of carbonyl (C=O) groups excluding carboxylic acids is 1. The van der Waals surface area contributed by atoms with Crippen LogP contribution in [0.1, 0.15) is 34.0 Å². The van der Waals surface area contributed by atoms with Gasteiger partial charge in [-0.2, -0.15) is 13.2 Å². The van der Waals surface area contributed by atoms with Gasteiger partial charge in [-0.15, -0.1) is 0 Å². The Hall–Kier alpha value is -4.01. The number of benzene rings is 3. The molecule has 3 aromatic carbocycles. The van der Waals surface area contributed by atoms with Crippen LogP contribution in [0, 0.1) is 0 Å². The van der Waals surface area contributed by atoms with Gasteiger partial charge in [0.15, 0.2) is 6.10 Å². The summed E-state index contributed by atoms with van der Waals surface area (Å²) in [6.45, 7) is 1.73. The molecule has 3 aromatic rings. The molecule has 1 aliphatic rings. The summed E-state index contributed by atoms with van der Waals surface area (Å²) in [4.78, 5) is 25.9. The zero-order valence-corrected chi connectivity index (χ0v) is 18.8. The molecule has 0 fully saturated rings. The molecule has 0 radical (unpaired) electrons. The van der Waals surface area contributed by atoms with Crippen LogP contribution in [0.15, 0.2) is 66.7 Å². The summed E-state index contributed by atoms with van der Waals surface area (Å²) in [5.74, 6) is -1.16. The number of para-hydroxylation sites is 2. The molecule has 6 nitrogen and oxygen atoms in total. The van der Waals surface area contributed by atoms with Crippen LogP contribution in [0.3, 0.4) is 0 Å². The maximum Gasteiger partial charge on any atom is 0.418 e. The average Bonchev–Trinajstić information content (AvgIpc) is 2.81. The predicted molar refractivity (Wildman–Crippen MR) is 125 cm³/mol. The molecule has 1 unspecified atom stereocenters. The van der Waals surface area contributed by atoms with Crippen LogP contribution in [-0.4, -0.2) is 29.6 Å². The molecule has 4 rings (SSSR count). The van der Waals surface area contributed by atoms with Crippen molar-refractivity contribution in [2.75, 3.05) is 16.8 Å². The van der Waals surface area contributed by atoms with Gasteiger partial charge in [-0.1, -0.05) is 36.4 Å². The third kappa shape index (κ3) is 5.08. The first kappa shape index (κ1) is 24.1. The van der Waals surface area contributed by atoms with E-state index in [1.807, 2.05) is 0 Å². The van der Waals surface area contributed by atoms with E-state index in [9.17, 15) is 22.8 Å². The van der Waals surface area contributed by atoms with Crippen LogP contribution in [0.25, 0.3) is 0 Å². The van der Waals surface area contributed by atoms with Crippen molar-refractivity contribution in [1.29, 1.82) is 0 Å². The monoisotopic (exact) mass is 484 g/mol. The molecule has 9 heteroatoms. The largest absolute Gasteiger partial charge is 0.478 e. The van der Waals surface area contributed by atoms with Crippen molar-refractivity contribution in [3.8, 4) is 5.75 Å². The Labute approximate surface area is 199 Å². The molecule has 1 heterocycles. The number of fused-ring (bicyclic) bond motifs is 1. The van der Waals surface area contributed by atoms with E-state index in [0.29, 0.717) is 23.5 Å². The lowest BCUT2D eigenvalue weighted by Crippen LogP contribution is -2.46. The number of anilines is 2. The van der Waals surface area contributed by atoms with Crippen molar-refractivity contribution in [2.45, 2.75) is 32.2 Å². The Morgan fingerprint density at radius 1 is 1.06 bits per heavy atom. The third-order valence-corrected chi connectivity index (χ3v) is 5.72. The molecule has 0 aliphatic carbocycles. The zero-order chi connectivity index (χ0) is 25.2. The number of hydrogen-bond donors (Lipinski definition) is 2. The van der Waals surface area contributed by atoms with Gasteiger partial charge in [0.25, 0.3) is 5.91 Å². The normalized spacial score (nSPS) is 15.4. The van der Waals surface area contributed by atoms with Crippen LogP contribution >= 0.6 is 0 Å². The molecule has 1 amide bonds. The second-order valence-corrected chi connectivity index (χ2v) is 8.07. The number of carbonyl (C=O) groups is 2. The summed E-state index contributed by atoms with van der Waals surface area (Å²) in [6.07, 6.45) is -5.46. The van der Waals surface area contributed by atoms with Crippen molar-refractivity contribution in [2.24, 2.45) is 0 Å². The van der Waals surface area contributed by atoms with Crippen molar-refractivity contribution < 1.29 is 32.6 Å². The smallest absolute Gasteiger partial charge is 0.418 e. The molecule has 2 N–H and O–H groups in total. The van der Waals surface area contributed by atoms with Gasteiger partial charge < -0.3 is 20.1 Å². The number of nitrogens with one attached hydrogen (secondary N) is 1. The highest BCUT2D eigenvalue weighted by molar-refractivity contribution is 6.00. The quantitative estimate of drug-likeness (QED) is 0.471. The molecule has 0 spiro atoms. The minimum atomic E-state index is -4.62. The number of rotatable bonds is 7. The summed E-state index contributed by atoms with van der Waals surface area (Å²) < 4.78 is 48.0. The number of ether oxygens (including phenoxy) is 1. The SMILES string of the molecule is CCNc1cccc(CN2C(=O)C(Cc3ccc(C(=O)O)cc3)Oc3ccccc32)c1C(F)(F)F. The van der Waals surface area contributed by atoms with Gasteiger partial charge in [0.2, 0.25) is 0 Å². The molecule has 35 heavy (non-hydrogen) atoms. The average molecular weight is 484 g/mol. The molecular formula is C26H23F3N2O4. The fourth-order valence-electron chi connectivity index (χ4n) is 4.14. The van der Waals surface area contributed by atoms with E-state index in [1.54, 1.807) is 43.3 Å². The number of halogens is 3. The van der Waals surface area contributed by atoms with Gasteiger partial charge in [0, 0.05) is 18.7 Å². The number of nitrogens with zero attached hydrogens (tertiary/aromatic N) is 1. The fraction of sp³-hybridized carbons (Fsp3) is 0.231. The minimum Gasteiger partial charge on any atom is -0.478 e. The Morgan fingerprint density at radius 2 is 1.77 bits per heavy atom. The number of alkyl halides is 3. The van der Waals surface area contributed by atoms with Crippen LogP contribution < -0.4 is 15.0 Å². The second-order valence-electron chi connectivity index (χ2n) is 8.07. The summed E-state index contributed by atoms with van der Waals surface area (Å²) in [6, 6.07) is 17.0. The zero-order valence-electron chi connectivity index (χ0n) is 18.8. The Morgan fingerprint density at radius 3 is 2.43 bits per heavy atom. The molecule has 182 valence electrons. The van der Waals surface area contributed by atoms with E-state index in [4.69, 9.17) is 9.84 Å². The fourth-order valence-corrected chi connectivity index (χ4v) is 4.14. The Bertz CT molecular complexity index is 1240. The van der Waals surface area contributed by atoms with Crippen LogP contribution in [-0.2, 0) is 23.9 Å². The Kier molecular flexibility index (Phi) is 6.68. The summed E-state index contributed by atoms with van der Waals surface area (Å²) >= 11 is 0. The van der Waals surface area contributed by atoms with Crippen molar-refractivity contribution in [1.82, 2.24) is 0 Å². The van der Waals surface area contributed by atoms with Gasteiger partial charge in [-0.05, 0) is 48.4 Å². The number of carboxylic acid groups (broad SMARTS) is 1. The number of carboxylic acids is 1.